The van der Waals surface area contributed by atoms with E-state index in [0.29, 0.717) is 23.0 Å². The highest BCUT2D eigenvalue weighted by Crippen LogP contribution is 2.22. The molecule has 0 aromatic heterocycles. The Morgan fingerprint density at radius 3 is 2.00 bits per heavy atom. The number of nitrogens with two attached hydrogens (primary N) is 1. The molecule has 0 fully saturated rings. The van der Waals surface area contributed by atoms with Crippen LogP contribution in [-0.2, 0) is 0 Å². The second-order valence-electron chi connectivity index (χ2n) is 3.48. The Bertz CT molecular complexity index is 134. The highest BCUT2D eigenvalue weighted by molar-refractivity contribution is 7.82. The Hall–Kier alpha value is 1.36. The van der Waals surface area contributed by atoms with Crippen molar-refractivity contribution in [2.24, 2.45) is 11.7 Å². The van der Waals surface area contributed by atoms with E-state index in [1.807, 2.05) is 0 Å². The predicted octanol–water partition coefficient (Wildman–Crippen LogP) is 2.19. The SMILES string of the molecule is NCC(CC(S)CCS)C(S)CCS. The Labute approximate surface area is 110 Å². The van der Waals surface area contributed by atoms with Crippen LogP contribution in [0.25, 0.3) is 0 Å². The van der Waals surface area contributed by atoms with Gasteiger partial charge in [0, 0.05) is 10.5 Å². The monoisotopic (exact) mass is 271 g/mol. The van der Waals surface area contributed by atoms with Crippen LogP contribution >= 0.6 is 50.5 Å². The van der Waals surface area contributed by atoms with Crippen molar-refractivity contribution >= 4 is 50.5 Å². The molecule has 0 aromatic rings. The highest BCUT2D eigenvalue weighted by atomic mass is 32.1. The zero-order valence-corrected chi connectivity index (χ0v) is 11.9. The van der Waals surface area contributed by atoms with Gasteiger partial charge in [-0.05, 0) is 43.2 Å². The second kappa shape index (κ2) is 9.58. The summed E-state index contributed by atoms with van der Waals surface area (Å²) in [6.45, 7) is 0.686. The summed E-state index contributed by atoms with van der Waals surface area (Å²) in [6, 6.07) is 0. The van der Waals surface area contributed by atoms with Gasteiger partial charge in [0.1, 0.15) is 0 Å². The Morgan fingerprint density at radius 1 is 1.00 bits per heavy atom. The van der Waals surface area contributed by atoms with Gasteiger partial charge in [-0.2, -0.15) is 50.5 Å². The van der Waals surface area contributed by atoms with Gasteiger partial charge < -0.3 is 5.73 Å². The van der Waals surface area contributed by atoms with E-state index in [-0.39, 0.29) is 0 Å². The molecule has 5 heteroatoms. The van der Waals surface area contributed by atoms with E-state index in [1.165, 1.54) is 0 Å². The lowest BCUT2D eigenvalue weighted by atomic mass is 9.96. The van der Waals surface area contributed by atoms with E-state index in [1.54, 1.807) is 0 Å². The molecule has 0 radical (unpaired) electrons. The fourth-order valence-corrected chi connectivity index (χ4v) is 3.16. The molecule has 0 bridgehead atoms. The van der Waals surface area contributed by atoms with Crippen LogP contribution in [0.15, 0.2) is 0 Å². The Balaban J connectivity index is 3.87. The summed E-state index contributed by atoms with van der Waals surface area (Å²) in [5, 5.41) is 0.752. The van der Waals surface area contributed by atoms with Crippen molar-refractivity contribution in [3.63, 3.8) is 0 Å². The lowest BCUT2D eigenvalue weighted by molar-refractivity contribution is 0.462. The summed E-state index contributed by atoms with van der Waals surface area (Å²) < 4.78 is 0. The zero-order valence-electron chi connectivity index (χ0n) is 8.34. The van der Waals surface area contributed by atoms with E-state index in [4.69, 9.17) is 5.73 Å². The summed E-state index contributed by atoms with van der Waals surface area (Å²) in [6.07, 6.45) is 3.07. The molecule has 0 rings (SSSR count). The molecule has 0 spiro atoms. The molecule has 0 heterocycles. The molecule has 3 atom stereocenters. The van der Waals surface area contributed by atoms with E-state index in [0.717, 1.165) is 30.8 Å². The van der Waals surface area contributed by atoms with Crippen LogP contribution in [0, 0.1) is 5.92 Å². The molecule has 3 unspecified atom stereocenters. The third-order valence-electron chi connectivity index (χ3n) is 2.31. The fraction of sp³-hybridized carbons (Fsp3) is 1.00. The van der Waals surface area contributed by atoms with Crippen molar-refractivity contribution in [1.29, 1.82) is 0 Å². The Morgan fingerprint density at radius 2 is 1.57 bits per heavy atom. The normalized spacial score (nSPS) is 17.8. The van der Waals surface area contributed by atoms with E-state index >= 15 is 0 Å². The van der Waals surface area contributed by atoms with Crippen molar-refractivity contribution in [3.8, 4) is 0 Å². The minimum absolute atomic E-state index is 0.354. The van der Waals surface area contributed by atoms with Gasteiger partial charge in [-0.3, -0.25) is 0 Å². The molecular formula is C9H21NS4. The van der Waals surface area contributed by atoms with Crippen LogP contribution in [-0.4, -0.2) is 28.6 Å². The molecule has 0 aromatic carbocycles. The topological polar surface area (TPSA) is 26.0 Å². The third-order valence-corrected chi connectivity index (χ3v) is 3.97. The quantitative estimate of drug-likeness (QED) is 0.430. The van der Waals surface area contributed by atoms with Gasteiger partial charge in [0.2, 0.25) is 0 Å². The first-order valence-electron chi connectivity index (χ1n) is 4.93. The van der Waals surface area contributed by atoms with Gasteiger partial charge in [0.15, 0.2) is 0 Å². The maximum absolute atomic E-state index is 5.72. The zero-order chi connectivity index (χ0) is 11.0. The predicted molar refractivity (Wildman–Crippen MR) is 79.6 cm³/mol. The number of hydrogen-bond donors (Lipinski definition) is 5. The van der Waals surface area contributed by atoms with Crippen LogP contribution in [0.1, 0.15) is 19.3 Å². The summed E-state index contributed by atoms with van der Waals surface area (Å²) in [5.74, 6) is 2.21. The van der Waals surface area contributed by atoms with Crippen molar-refractivity contribution in [1.82, 2.24) is 0 Å². The second-order valence-corrected chi connectivity index (χ2v) is 5.77. The number of rotatable bonds is 8. The molecule has 0 aliphatic rings. The molecule has 0 saturated carbocycles. The summed E-state index contributed by atoms with van der Waals surface area (Å²) >= 11 is 17.5. The lowest BCUT2D eigenvalue weighted by Crippen LogP contribution is -2.27. The molecule has 86 valence electrons. The van der Waals surface area contributed by atoms with Crippen LogP contribution in [0.4, 0.5) is 0 Å². The standard InChI is InChI=1S/C9H21NS4/c10-6-7(9(14)2-4-12)5-8(13)1-3-11/h7-9,11-14H,1-6,10H2. The molecule has 0 amide bonds. The van der Waals surface area contributed by atoms with Crippen LogP contribution in [0.2, 0.25) is 0 Å². The minimum atomic E-state index is 0.354. The van der Waals surface area contributed by atoms with Crippen molar-refractivity contribution in [2.45, 2.75) is 29.8 Å². The van der Waals surface area contributed by atoms with Crippen LogP contribution < -0.4 is 5.73 Å². The van der Waals surface area contributed by atoms with Crippen molar-refractivity contribution in [3.05, 3.63) is 0 Å². The molecular weight excluding hydrogens is 250 g/mol. The average Bonchev–Trinajstić information content (AvgIpc) is 2.15. The fourth-order valence-electron chi connectivity index (χ4n) is 1.39. The van der Waals surface area contributed by atoms with Gasteiger partial charge in [0.25, 0.3) is 0 Å². The molecule has 1 nitrogen and oxygen atoms in total. The maximum atomic E-state index is 5.72. The van der Waals surface area contributed by atoms with E-state index in [9.17, 15) is 0 Å². The van der Waals surface area contributed by atoms with E-state index in [2.05, 4.69) is 50.5 Å². The smallest absolute Gasteiger partial charge is 0.00652 e. The van der Waals surface area contributed by atoms with Gasteiger partial charge in [-0.15, -0.1) is 0 Å². The van der Waals surface area contributed by atoms with Crippen molar-refractivity contribution < 1.29 is 0 Å². The first-order valence-corrected chi connectivity index (χ1v) is 7.23. The van der Waals surface area contributed by atoms with E-state index < -0.39 is 0 Å². The first kappa shape index (κ1) is 15.4. The molecule has 14 heavy (non-hydrogen) atoms. The van der Waals surface area contributed by atoms with Gasteiger partial charge >= 0.3 is 0 Å². The number of hydrogen-bond acceptors (Lipinski definition) is 5. The van der Waals surface area contributed by atoms with Gasteiger partial charge in [-0.25, -0.2) is 0 Å². The molecule has 2 N–H and O–H groups in total. The van der Waals surface area contributed by atoms with Crippen molar-refractivity contribution in [2.75, 3.05) is 18.1 Å². The van der Waals surface area contributed by atoms with Gasteiger partial charge in [-0.1, -0.05) is 0 Å². The Kier molecular flexibility index (Phi) is 10.5. The minimum Gasteiger partial charge on any atom is -0.330 e. The lowest BCUT2D eigenvalue weighted by Gasteiger charge is -2.23. The molecule has 0 aliphatic heterocycles. The van der Waals surface area contributed by atoms with Crippen LogP contribution in [0.5, 0.6) is 0 Å². The first-order chi connectivity index (χ1) is 6.65. The molecule has 0 saturated heterocycles. The highest BCUT2D eigenvalue weighted by Gasteiger charge is 2.18. The summed E-state index contributed by atoms with van der Waals surface area (Å²) in [4.78, 5) is 0. The summed E-state index contributed by atoms with van der Waals surface area (Å²) in [7, 11) is 0. The molecule has 0 aliphatic carbocycles. The van der Waals surface area contributed by atoms with Gasteiger partial charge in [0.05, 0.1) is 0 Å². The maximum Gasteiger partial charge on any atom is 0.00652 e. The van der Waals surface area contributed by atoms with Crippen LogP contribution in [0.3, 0.4) is 0 Å². The largest absolute Gasteiger partial charge is 0.330 e. The summed E-state index contributed by atoms with van der Waals surface area (Å²) in [5.41, 5.74) is 5.72. The average molecular weight is 272 g/mol. The third kappa shape index (κ3) is 6.77. The number of thiol groups is 4.